The Labute approximate surface area is 115 Å². The Bertz CT molecular complexity index is 467. The summed E-state index contributed by atoms with van der Waals surface area (Å²) in [5.74, 6) is -0.419. The van der Waals surface area contributed by atoms with E-state index in [2.05, 4.69) is 44.7 Å². The van der Waals surface area contributed by atoms with Crippen molar-refractivity contribution in [3.05, 3.63) is 48.6 Å². The Hall–Kier alpha value is -1.12. The maximum Gasteiger partial charge on any atom is 0.179 e. The smallest absolute Gasteiger partial charge is 0.179 e. The predicted molar refractivity (Wildman–Crippen MR) is 76.0 cm³/mol. The molecule has 0 bridgehead atoms. The summed E-state index contributed by atoms with van der Waals surface area (Å²) >= 11 is 0. The molecule has 1 atom stereocenters. The van der Waals surface area contributed by atoms with Crippen LogP contribution in [-0.2, 0) is 14.9 Å². The van der Waals surface area contributed by atoms with E-state index in [0.717, 1.165) is 26.1 Å². The van der Waals surface area contributed by atoms with E-state index in [9.17, 15) is 0 Å². The maximum absolute atomic E-state index is 6.14. The van der Waals surface area contributed by atoms with Crippen molar-refractivity contribution in [1.29, 1.82) is 0 Å². The SMILES string of the molecule is C=CC[C@]1(c2ccccc2)CC12OCC(C)(C)CO2. The lowest BCUT2D eigenvalue weighted by Crippen LogP contribution is -2.43. The van der Waals surface area contributed by atoms with Crippen LogP contribution < -0.4 is 0 Å². The van der Waals surface area contributed by atoms with Gasteiger partial charge in [0.2, 0.25) is 0 Å². The second kappa shape index (κ2) is 4.19. The van der Waals surface area contributed by atoms with E-state index in [-0.39, 0.29) is 10.8 Å². The summed E-state index contributed by atoms with van der Waals surface area (Å²) in [6, 6.07) is 10.6. The zero-order valence-corrected chi connectivity index (χ0v) is 11.8. The molecular weight excluding hydrogens is 236 g/mol. The molecule has 19 heavy (non-hydrogen) atoms. The molecule has 2 nitrogen and oxygen atoms in total. The van der Waals surface area contributed by atoms with Crippen LogP contribution in [0.2, 0.25) is 0 Å². The Balaban J connectivity index is 1.88. The van der Waals surface area contributed by atoms with Gasteiger partial charge in [0, 0.05) is 11.8 Å². The summed E-state index contributed by atoms with van der Waals surface area (Å²) in [6.07, 6.45) is 3.82. The standard InChI is InChI=1S/C17H22O2/c1-4-10-16(14-8-6-5-7-9-14)11-17(16)18-12-15(2,3)13-19-17/h4-9H,1,10-13H2,2-3H3/t16-/m1/s1. The molecule has 2 fully saturated rings. The quantitative estimate of drug-likeness (QED) is 0.770. The molecule has 102 valence electrons. The van der Waals surface area contributed by atoms with Crippen molar-refractivity contribution < 1.29 is 9.47 Å². The van der Waals surface area contributed by atoms with Crippen molar-refractivity contribution in [2.24, 2.45) is 5.41 Å². The summed E-state index contributed by atoms with van der Waals surface area (Å²) in [6.45, 7) is 9.79. The molecule has 1 aliphatic heterocycles. The molecule has 0 unspecified atom stereocenters. The molecule has 1 heterocycles. The molecule has 0 amide bonds. The number of hydrogen-bond acceptors (Lipinski definition) is 2. The molecule has 1 saturated carbocycles. The highest BCUT2D eigenvalue weighted by Gasteiger charge is 2.72. The van der Waals surface area contributed by atoms with Crippen LogP contribution in [0.25, 0.3) is 0 Å². The average molecular weight is 258 g/mol. The van der Waals surface area contributed by atoms with Crippen molar-refractivity contribution in [3.8, 4) is 0 Å². The summed E-state index contributed by atoms with van der Waals surface area (Å²) in [4.78, 5) is 0. The summed E-state index contributed by atoms with van der Waals surface area (Å²) < 4.78 is 12.3. The van der Waals surface area contributed by atoms with E-state index in [4.69, 9.17) is 9.47 Å². The van der Waals surface area contributed by atoms with Crippen LogP contribution in [0.15, 0.2) is 43.0 Å². The van der Waals surface area contributed by atoms with E-state index in [1.165, 1.54) is 5.56 Å². The van der Waals surface area contributed by atoms with Crippen LogP contribution in [0.5, 0.6) is 0 Å². The number of allylic oxidation sites excluding steroid dienone is 1. The summed E-state index contributed by atoms with van der Waals surface area (Å²) in [5.41, 5.74) is 1.38. The van der Waals surface area contributed by atoms with Gasteiger partial charge in [-0.05, 0) is 12.0 Å². The van der Waals surface area contributed by atoms with Gasteiger partial charge in [-0.2, -0.15) is 0 Å². The van der Waals surface area contributed by atoms with Gasteiger partial charge in [-0.3, -0.25) is 0 Å². The third-order valence-electron chi connectivity index (χ3n) is 4.35. The largest absolute Gasteiger partial charge is 0.348 e. The number of ether oxygens (including phenoxy) is 2. The minimum atomic E-state index is -0.419. The highest BCUT2D eigenvalue weighted by Crippen LogP contribution is 2.64. The maximum atomic E-state index is 6.14. The molecule has 1 aliphatic carbocycles. The van der Waals surface area contributed by atoms with Crippen molar-refractivity contribution in [3.63, 3.8) is 0 Å². The number of hydrogen-bond donors (Lipinski definition) is 0. The minimum absolute atomic E-state index is 0.0352. The molecule has 1 aromatic rings. The Morgan fingerprint density at radius 3 is 2.37 bits per heavy atom. The van der Waals surface area contributed by atoms with Crippen molar-refractivity contribution in [1.82, 2.24) is 0 Å². The van der Waals surface area contributed by atoms with Crippen LogP contribution in [0.1, 0.15) is 32.3 Å². The van der Waals surface area contributed by atoms with Gasteiger partial charge in [0.1, 0.15) is 0 Å². The van der Waals surface area contributed by atoms with Crippen LogP contribution in [0, 0.1) is 5.41 Å². The Kier molecular flexibility index (Phi) is 2.84. The predicted octanol–water partition coefficient (Wildman–Crippen LogP) is 3.67. The third kappa shape index (κ3) is 1.94. The normalized spacial score (nSPS) is 31.1. The van der Waals surface area contributed by atoms with Crippen LogP contribution in [0.4, 0.5) is 0 Å². The number of benzene rings is 1. The first-order valence-electron chi connectivity index (χ1n) is 6.98. The monoisotopic (exact) mass is 258 g/mol. The van der Waals surface area contributed by atoms with Crippen molar-refractivity contribution in [2.45, 2.75) is 37.9 Å². The van der Waals surface area contributed by atoms with E-state index < -0.39 is 5.79 Å². The molecule has 3 rings (SSSR count). The molecule has 0 N–H and O–H groups in total. The lowest BCUT2D eigenvalue weighted by Gasteiger charge is -2.38. The first-order valence-corrected chi connectivity index (χ1v) is 6.98. The zero-order chi connectivity index (χ0) is 13.6. The van der Waals surface area contributed by atoms with Crippen molar-refractivity contribution >= 4 is 0 Å². The summed E-state index contributed by atoms with van der Waals surface area (Å²) in [7, 11) is 0. The molecule has 2 aliphatic rings. The molecule has 2 heteroatoms. The second-order valence-corrected chi connectivity index (χ2v) is 6.61. The fourth-order valence-electron chi connectivity index (χ4n) is 3.11. The van der Waals surface area contributed by atoms with Gasteiger partial charge in [-0.25, -0.2) is 0 Å². The zero-order valence-electron chi connectivity index (χ0n) is 11.8. The lowest BCUT2D eigenvalue weighted by atomic mass is 9.90. The van der Waals surface area contributed by atoms with Gasteiger partial charge >= 0.3 is 0 Å². The number of rotatable bonds is 3. The van der Waals surface area contributed by atoms with Gasteiger partial charge in [-0.15, -0.1) is 6.58 Å². The van der Waals surface area contributed by atoms with Gasteiger partial charge in [-0.1, -0.05) is 50.3 Å². The fraction of sp³-hybridized carbons (Fsp3) is 0.529. The average Bonchev–Trinajstić information content (AvgIpc) is 3.04. The van der Waals surface area contributed by atoms with Gasteiger partial charge < -0.3 is 9.47 Å². The third-order valence-corrected chi connectivity index (χ3v) is 4.35. The lowest BCUT2D eigenvalue weighted by molar-refractivity contribution is -0.253. The first-order chi connectivity index (χ1) is 9.04. The summed E-state index contributed by atoms with van der Waals surface area (Å²) in [5, 5.41) is 0. The molecule has 0 aromatic heterocycles. The van der Waals surface area contributed by atoms with Crippen LogP contribution in [0.3, 0.4) is 0 Å². The van der Waals surface area contributed by atoms with Crippen LogP contribution >= 0.6 is 0 Å². The van der Waals surface area contributed by atoms with Gasteiger partial charge in [0.15, 0.2) is 5.79 Å². The molecule has 1 saturated heterocycles. The molecule has 1 aromatic carbocycles. The van der Waals surface area contributed by atoms with E-state index in [0.29, 0.717) is 0 Å². The van der Waals surface area contributed by atoms with Crippen LogP contribution in [-0.4, -0.2) is 19.0 Å². The van der Waals surface area contributed by atoms with E-state index >= 15 is 0 Å². The molecule has 1 spiro atoms. The van der Waals surface area contributed by atoms with Gasteiger partial charge in [0.05, 0.1) is 18.6 Å². The Morgan fingerprint density at radius 2 is 1.79 bits per heavy atom. The molecule has 0 radical (unpaired) electrons. The second-order valence-electron chi connectivity index (χ2n) is 6.61. The Morgan fingerprint density at radius 1 is 1.16 bits per heavy atom. The van der Waals surface area contributed by atoms with E-state index in [1.54, 1.807) is 0 Å². The van der Waals surface area contributed by atoms with Crippen molar-refractivity contribution in [2.75, 3.05) is 13.2 Å². The minimum Gasteiger partial charge on any atom is -0.348 e. The topological polar surface area (TPSA) is 18.5 Å². The van der Waals surface area contributed by atoms with E-state index in [1.807, 2.05) is 12.1 Å². The highest BCUT2D eigenvalue weighted by molar-refractivity contribution is 5.39. The van der Waals surface area contributed by atoms with Gasteiger partial charge in [0.25, 0.3) is 0 Å². The fourth-order valence-corrected chi connectivity index (χ4v) is 3.11. The first kappa shape index (κ1) is 12.9. The highest BCUT2D eigenvalue weighted by atomic mass is 16.7. The molecular formula is C17H22O2.